The molecule has 0 amide bonds. The number of methoxy groups -OCH3 is 1. The van der Waals surface area contributed by atoms with Gasteiger partial charge < -0.3 is 19.5 Å². The van der Waals surface area contributed by atoms with E-state index >= 15 is 0 Å². The van der Waals surface area contributed by atoms with Crippen LogP contribution < -0.4 is 10.9 Å². The Balaban J connectivity index is 1.79. The van der Waals surface area contributed by atoms with Crippen LogP contribution in [0.4, 0.5) is 0 Å². The summed E-state index contributed by atoms with van der Waals surface area (Å²) in [5, 5.41) is 3.33. The van der Waals surface area contributed by atoms with Crippen molar-refractivity contribution in [2.24, 2.45) is 10.9 Å². The number of nitrogens with one attached hydrogen (secondary N) is 1. The third-order valence-corrected chi connectivity index (χ3v) is 4.63. The number of pyridine rings is 1. The number of aliphatic imine (C=N–C) groups is 1. The average Bonchev–Trinajstić information content (AvgIpc) is 2.67. The Bertz CT molecular complexity index is 648. The summed E-state index contributed by atoms with van der Waals surface area (Å²) in [6.45, 7) is 5.93. The quantitative estimate of drug-likeness (QED) is 0.344. The van der Waals surface area contributed by atoms with Gasteiger partial charge >= 0.3 is 5.97 Å². The molecular formula is C19H30N4O3. The van der Waals surface area contributed by atoms with Crippen molar-refractivity contribution < 1.29 is 9.53 Å². The van der Waals surface area contributed by atoms with E-state index in [4.69, 9.17) is 9.73 Å². The number of aryl methyl sites for hydroxylation is 1. The lowest BCUT2D eigenvalue weighted by molar-refractivity contribution is -0.146. The van der Waals surface area contributed by atoms with Crippen molar-refractivity contribution in [3.8, 4) is 0 Å². The summed E-state index contributed by atoms with van der Waals surface area (Å²) in [5.74, 6) is 0.804. The van der Waals surface area contributed by atoms with Crippen molar-refractivity contribution in [3.63, 3.8) is 0 Å². The molecule has 0 aliphatic carbocycles. The van der Waals surface area contributed by atoms with Crippen LogP contribution in [0.3, 0.4) is 0 Å². The molecule has 1 aliphatic rings. The normalized spacial score (nSPS) is 15.8. The third kappa shape index (κ3) is 5.89. The zero-order valence-electron chi connectivity index (χ0n) is 15.8. The van der Waals surface area contributed by atoms with Crippen molar-refractivity contribution in [1.82, 2.24) is 14.8 Å². The summed E-state index contributed by atoms with van der Waals surface area (Å²) < 4.78 is 6.57. The Labute approximate surface area is 155 Å². The molecule has 7 heteroatoms. The van der Waals surface area contributed by atoms with Crippen LogP contribution in [0, 0.1) is 5.92 Å². The first-order valence-electron chi connectivity index (χ1n) is 9.42. The lowest BCUT2D eigenvalue weighted by Gasteiger charge is -2.33. The monoisotopic (exact) mass is 362 g/mol. The zero-order chi connectivity index (χ0) is 18.8. The topological polar surface area (TPSA) is 75.9 Å². The standard InChI is InChI=1S/C19H30N4O3/c1-3-20-19(23-14-9-16(10-15-23)18(25)26-2)21-11-5-7-13-22-12-6-4-8-17(22)24/h4,6,8,12,16H,3,5,7,9-11,13-15H2,1-2H3,(H,20,21). The molecule has 2 heterocycles. The second-order valence-corrected chi connectivity index (χ2v) is 6.46. The van der Waals surface area contributed by atoms with Crippen molar-refractivity contribution >= 4 is 11.9 Å². The van der Waals surface area contributed by atoms with Gasteiger partial charge in [-0.25, -0.2) is 0 Å². The largest absolute Gasteiger partial charge is 0.469 e. The van der Waals surface area contributed by atoms with E-state index in [9.17, 15) is 9.59 Å². The zero-order valence-corrected chi connectivity index (χ0v) is 15.8. The molecule has 26 heavy (non-hydrogen) atoms. The molecule has 1 aromatic rings. The van der Waals surface area contributed by atoms with Gasteiger partial charge in [-0.05, 0) is 38.7 Å². The number of hydrogen-bond donors (Lipinski definition) is 1. The van der Waals surface area contributed by atoms with E-state index in [0.717, 1.165) is 64.4 Å². The molecule has 1 fully saturated rings. The SMILES string of the molecule is CCNC(=NCCCCn1ccccc1=O)N1CCC(C(=O)OC)CC1. The van der Waals surface area contributed by atoms with E-state index in [-0.39, 0.29) is 17.4 Å². The number of hydrogen-bond acceptors (Lipinski definition) is 4. The minimum Gasteiger partial charge on any atom is -0.469 e. The summed E-state index contributed by atoms with van der Waals surface area (Å²) in [4.78, 5) is 30.2. The first-order chi connectivity index (χ1) is 12.7. The van der Waals surface area contributed by atoms with Crippen LogP contribution in [0.25, 0.3) is 0 Å². The van der Waals surface area contributed by atoms with E-state index in [1.807, 2.05) is 12.3 Å². The van der Waals surface area contributed by atoms with Crippen LogP contribution in [0.5, 0.6) is 0 Å². The van der Waals surface area contributed by atoms with Gasteiger partial charge in [0.25, 0.3) is 0 Å². The summed E-state index contributed by atoms with van der Waals surface area (Å²) in [5.41, 5.74) is 0.0396. The summed E-state index contributed by atoms with van der Waals surface area (Å²) in [6, 6.07) is 5.22. The van der Waals surface area contributed by atoms with Gasteiger partial charge in [0.15, 0.2) is 5.96 Å². The van der Waals surface area contributed by atoms with E-state index in [1.165, 1.54) is 7.11 Å². The number of carbonyl (C=O) groups excluding carboxylic acids is 1. The highest BCUT2D eigenvalue weighted by molar-refractivity contribution is 5.80. The van der Waals surface area contributed by atoms with Crippen LogP contribution in [-0.2, 0) is 16.1 Å². The second-order valence-electron chi connectivity index (χ2n) is 6.46. The first-order valence-corrected chi connectivity index (χ1v) is 9.42. The molecule has 144 valence electrons. The molecule has 0 spiro atoms. The second kappa shape index (κ2) is 10.6. The van der Waals surface area contributed by atoms with Gasteiger partial charge in [0.1, 0.15) is 0 Å². The van der Waals surface area contributed by atoms with Gasteiger partial charge in [-0.15, -0.1) is 0 Å². The number of likely N-dealkylation sites (tertiary alicyclic amines) is 1. The lowest BCUT2D eigenvalue weighted by Crippen LogP contribution is -2.46. The van der Waals surface area contributed by atoms with E-state index in [0.29, 0.717) is 0 Å². The van der Waals surface area contributed by atoms with Gasteiger partial charge in [-0.1, -0.05) is 6.07 Å². The number of guanidine groups is 1. The molecule has 0 atom stereocenters. The highest BCUT2D eigenvalue weighted by Crippen LogP contribution is 2.18. The van der Waals surface area contributed by atoms with Crippen LogP contribution in [0.2, 0.25) is 0 Å². The number of carbonyl (C=O) groups is 1. The fourth-order valence-electron chi connectivity index (χ4n) is 3.14. The molecule has 7 nitrogen and oxygen atoms in total. The molecule has 0 saturated carbocycles. The highest BCUT2D eigenvalue weighted by atomic mass is 16.5. The third-order valence-electron chi connectivity index (χ3n) is 4.63. The number of ether oxygens (including phenoxy) is 1. The Kier molecular flexibility index (Phi) is 8.18. The lowest BCUT2D eigenvalue weighted by atomic mass is 9.97. The van der Waals surface area contributed by atoms with Crippen molar-refractivity contribution in [2.75, 3.05) is 33.3 Å². The number of rotatable bonds is 7. The summed E-state index contributed by atoms with van der Waals surface area (Å²) >= 11 is 0. The fraction of sp³-hybridized carbons (Fsp3) is 0.632. The summed E-state index contributed by atoms with van der Waals surface area (Å²) in [6.07, 6.45) is 5.26. The maximum Gasteiger partial charge on any atom is 0.308 e. The fourth-order valence-corrected chi connectivity index (χ4v) is 3.14. The molecule has 2 rings (SSSR count). The molecule has 1 aromatic heterocycles. The highest BCUT2D eigenvalue weighted by Gasteiger charge is 2.26. The van der Waals surface area contributed by atoms with Gasteiger partial charge in [-0.2, -0.15) is 0 Å². The number of nitrogens with zero attached hydrogens (tertiary/aromatic N) is 3. The predicted molar refractivity (Wildman–Crippen MR) is 102 cm³/mol. The Morgan fingerprint density at radius 2 is 2.08 bits per heavy atom. The van der Waals surface area contributed by atoms with E-state index in [1.54, 1.807) is 16.7 Å². The van der Waals surface area contributed by atoms with Gasteiger partial charge in [-0.3, -0.25) is 14.6 Å². The smallest absolute Gasteiger partial charge is 0.308 e. The minimum atomic E-state index is -0.109. The maximum atomic E-state index is 11.7. The Hall–Kier alpha value is -2.31. The molecule has 0 unspecified atom stereocenters. The van der Waals surface area contributed by atoms with Crippen molar-refractivity contribution in [1.29, 1.82) is 0 Å². The summed E-state index contributed by atoms with van der Waals surface area (Å²) in [7, 11) is 1.45. The van der Waals surface area contributed by atoms with Gasteiger partial charge in [0, 0.05) is 45.0 Å². The molecule has 1 aliphatic heterocycles. The number of piperidine rings is 1. The number of esters is 1. The molecule has 0 radical (unpaired) electrons. The van der Waals surface area contributed by atoms with Crippen LogP contribution in [0.15, 0.2) is 34.2 Å². The Morgan fingerprint density at radius 1 is 1.31 bits per heavy atom. The van der Waals surface area contributed by atoms with Crippen LogP contribution >= 0.6 is 0 Å². The molecule has 1 saturated heterocycles. The van der Waals surface area contributed by atoms with Crippen LogP contribution in [-0.4, -0.2) is 54.7 Å². The number of aromatic nitrogens is 1. The van der Waals surface area contributed by atoms with Crippen molar-refractivity contribution in [2.45, 2.75) is 39.2 Å². The Morgan fingerprint density at radius 3 is 2.73 bits per heavy atom. The van der Waals surface area contributed by atoms with Crippen molar-refractivity contribution in [3.05, 3.63) is 34.7 Å². The van der Waals surface area contributed by atoms with E-state index in [2.05, 4.69) is 17.1 Å². The molecular weight excluding hydrogens is 332 g/mol. The van der Waals surface area contributed by atoms with E-state index < -0.39 is 0 Å². The molecule has 1 N–H and O–H groups in total. The predicted octanol–water partition coefficient (Wildman–Crippen LogP) is 1.48. The first kappa shape index (κ1) is 20.0. The van der Waals surface area contributed by atoms with Gasteiger partial charge in [0.05, 0.1) is 13.0 Å². The maximum absolute atomic E-state index is 11.7. The van der Waals surface area contributed by atoms with Gasteiger partial charge in [0.2, 0.25) is 5.56 Å². The average molecular weight is 362 g/mol. The molecule has 0 bridgehead atoms. The molecule has 0 aromatic carbocycles. The minimum absolute atomic E-state index is 0.00307. The number of unbranched alkanes of at least 4 members (excludes halogenated alkanes) is 1. The van der Waals surface area contributed by atoms with Crippen LogP contribution in [0.1, 0.15) is 32.6 Å².